The Bertz CT molecular complexity index is 258. The molecule has 0 saturated carbocycles. The van der Waals surface area contributed by atoms with Gasteiger partial charge in [-0.2, -0.15) is 0 Å². The van der Waals surface area contributed by atoms with E-state index >= 15 is 0 Å². The Labute approximate surface area is 73.0 Å². The molecule has 0 atom stereocenters. The van der Waals surface area contributed by atoms with Crippen molar-refractivity contribution in [2.75, 3.05) is 17.6 Å². The van der Waals surface area contributed by atoms with Crippen LogP contribution in [-0.4, -0.2) is 11.5 Å². The van der Waals surface area contributed by atoms with Gasteiger partial charge in [-0.25, -0.2) is 4.98 Å². The van der Waals surface area contributed by atoms with E-state index in [1.165, 1.54) is 0 Å². The van der Waals surface area contributed by atoms with Crippen LogP contribution in [0, 0.1) is 0 Å². The van der Waals surface area contributed by atoms with Crippen LogP contribution in [-0.2, 0) is 6.42 Å². The van der Waals surface area contributed by atoms with Gasteiger partial charge in [0.05, 0.1) is 0 Å². The second-order valence-electron chi connectivity index (χ2n) is 2.65. The van der Waals surface area contributed by atoms with Crippen LogP contribution in [0.1, 0.15) is 19.4 Å². The van der Waals surface area contributed by atoms with Gasteiger partial charge < -0.3 is 11.1 Å². The Morgan fingerprint density at radius 2 is 2.25 bits per heavy atom. The van der Waals surface area contributed by atoms with Crippen molar-refractivity contribution < 1.29 is 0 Å². The van der Waals surface area contributed by atoms with Gasteiger partial charge in [-0.1, -0.05) is 6.92 Å². The number of aromatic nitrogens is 1. The normalized spacial score (nSPS) is 9.83. The van der Waals surface area contributed by atoms with E-state index in [4.69, 9.17) is 5.73 Å². The first-order valence-corrected chi connectivity index (χ1v) is 4.26. The molecule has 0 aliphatic carbocycles. The van der Waals surface area contributed by atoms with Crippen LogP contribution in [0.5, 0.6) is 0 Å². The Morgan fingerprint density at radius 1 is 1.50 bits per heavy atom. The molecule has 3 heteroatoms. The van der Waals surface area contributed by atoms with E-state index in [-0.39, 0.29) is 0 Å². The molecule has 0 spiro atoms. The van der Waals surface area contributed by atoms with Gasteiger partial charge in [-0.15, -0.1) is 0 Å². The van der Waals surface area contributed by atoms with E-state index in [2.05, 4.69) is 17.2 Å². The molecule has 0 fully saturated rings. The maximum atomic E-state index is 5.78. The van der Waals surface area contributed by atoms with E-state index in [0.29, 0.717) is 0 Å². The van der Waals surface area contributed by atoms with Crippen molar-refractivity contribution in [2.24, 2.45) is 0 Å². The first-order valence-electron chi connectivity index (χ1n) is 4.26. The molecular formula is C9H15N3. The van der Waals surface area contributed by atoms with Crippen LogP contribution in [0.25, 0.3) is 0 Å². The summed E-state index contributed by atoms with van der Waals surface area (Å²) in [6.07, 6.45) is 2.76. The van der Waals surface area contributed by atoms with Gasteiger partial charge in [-0.05, 0) is 18.9 Å². The van der Waals surface area contributed by atoms with E-state index < -0.39 is 0 Å². The molecule has 1 rings (SSSR count). The van der Waals surface area contributed by atoms with Gasteiger partial charge in [0.1, 0.15) is 5.82 Å². The molecule has 66 valence electrons. The molecule has 1 aromatic heterocycles. The lowest BCUT2D eigenvalue weighted by molar-refractivity contribution is 1.09. The summed E-state index contributed by atoms with van der Waals surface area (Å²) >= 11 is 0. The zero-order valence-electron chi connectivity index (χ0n) is 7.59. The molecule has 3 N–H and O–H groups in total. The van der Waals surface area contributed by atoms with Crippen LogP contribution in [0.4, 0.5) is 11.5 Å². The molecule has 0 amide bonds. The van der Waals surface area contributed by atoms with Crippen LogP contribution >= 0.6 is 0 Å². The number of aryl methyl sites for hydroxylation is 1. The first-order chi connectivity index (χ1) is 5.77. The molecule has 1 heterocycles. The monoisotopic (exact) mass is 165 g/mol. The lowest BCUT2D eigenvalue weighted by atomic mass is 10.2. The summed E-state index contributed by atoms with van der Waals surface area (Å²) in [5, 5.41) is 3.11. The summed E-state index contributed by atoms with van der Waals surface area (Å²) in [6, 6.07) is 1.88. The second kappa shape index (κ2) is 3.95. The Hall–Kier alpha value is -1.25. The number of pyridine rings is 1. The number of nitrogens with two attached hydrogens (primary N) is 1. The van der Waals surface area contributed by atoms with Crippen molar-refractivity contribution in [2.45, 2.75) is 20.3 Å². The van der Waals surface area contributed by atoms with E-state index in [1.807, 2.05) is 19.2 Å². The molecule has 0 radical (unpaired) electrons. The SMILES string of the molecule is CCNc1cc(N)c(CC)cn1. The highest BCUT2D eigenvalue weighted by atomic mass is 15.0. The van der Waals surface area contributed by atoms with E-state index in [9.17, 15) is 0 Å². The summed E-state index contributed by atoms with van der Waals surface area (Å²) in [5.41, 5.74) is 7.71. The number of anilines is 2. The van der Waals surface area contributed by atoms with Gasteiger partial charge in [0, 0.05) is 24.5 Å². The molecule has 1 aromatic rings. The molecule has 0 bridgehead atoms. The molecule has 12 heavy (non-hydrogen) atoms. The third-order valence-electron chi connectivity index (χ3n) is 1.76. The minimum Gasteiger partial charge on any atom is -0.398 e. The fraction of sp³-hybridized carbons (Fsp3) is 0.444. The Balaban J connectivity index is 2.86. The quantitative estimate of drug-likeness (QED) is 0.716. The standard InChI is InChI=1S/C9H15N3/c1-3-7-6-12-9(11-4-2)5-8(7)10/h5-6H,3-4H2,1-2H3,(H3,10,11,12). The first kappa shape index (κ1) is 8.84. The molecule has 0 aromatic carbocycles. The lowest BCUT2D eigenvalue weighted by Gasteiger charge is -2.05. The second-order valence-corrected chi connectivity index (χ2v) is 2.65. The fourth-order valence-corrected chi connectivity index (χ4v) is 1.07. The number of rotatable bonds is 3. The van der Waals surface area contributed by atoms with Crippen LogP contribution in [0.2, 0.25) is 0 Å². The highest BCUT2D eigenvalue weighted by molar-refractivity contribution is 5.53. The lowest BCUT2D eigenvalue weighted by Crippen LogP contribution is -2.02. The third-order valence-corrected chi connectivity index (χ3v) is 1.76. The van der Waals surface area contributed by atoms with Crippen molar-refractivity contribution in [3.8, 4) is 0 Å². The minimum absolute atomic E-state index is 0.823. The summed E-state index contributed by atoms with van der Waals surface area (Å²) < 4.78 is 0. The van der Waals surface area contributed by atoms with Crippen molar-refractivity contribution in [1.82, 2.24) is 4.98 Å². The molecule has 0 aliphatic heterocycles. The summed E-state index contributed by atoms with van der Waals surface area (Å²) in [4.78, 5) is 4.21. The molecule has 3 nitrogen and oxygen atoms in total. The topological polar surface area (TPSA) is 50.9 Å². The predicted molar refractivity (Wildman–Crippen MR) is 52.2 cm³/mol. The highest BCUT2D eigenvalue weighted by Gasteiger charge is 1.98. The zero-order valence-corrected chi connectivity index (χ0v) is 7.59. The Kier molecular flexibility index (Phi) is 2.91. The largest absolute Gasteiger partial charge is 0.398 e. The fourth-order valence-electron chi connectivity index (χ4n) is 1.07. The maximum absolute atomic E-state index is 5.78. The van der Waals surface area contributed by atoms with Crippen LogP contribution in [0.15, 0.2) is 12.3 Å². The number of hydrogen-bond acceptors (Lipinski definition) is 3. The van der Waals surface area contributed by atoms with Crippen LogP contribution in [0.3, 0.4) is 0 Å². The molecular weight excluding hydrogens is 150 g/mol. The van der Waals surface area contributed by atoms with Gasteiger partial charge in [0.15, 0.2) is 0 Å². The van der Waals surface area contributed by atoms with E-state index in [0.717, 1.165) is 30.0 Å². The average molecular weight is 165 g/mol. The summed E-state index contributed by atoms with van der Waals surface area (Å²) in [7, 11) is 0. The number of nitrogens with zero attached hydrogens (tertiary/aromatic N) is 1. The summed E-state index contributed by atoms with van der Waals surface area (Å²) in [5.74, 6) is 0.854. The van der Waals surface area contributed by atoms with Crippen molar-refractivity contribution >= 4 is 11.5 Å². The molecule has 0 saturated heterocycles. The smallest absolute Gasteiger partial charge is 0.127 e. The van der Waals surface area contributed by atoms with Gasteiger partial charge >= 0.3 is 0 Å². The average Bonchev–Trinajstić information content (AvgIpc) is 2.05. The van der Waals surface area contributed by atoms with Crippen molar-refractivity contribution in [1.29, 1.82) is 0 Å². The maximum Gasteiger partial charge on any atom is 0.127 e. The minimum atomic E-state index is 0.823. The molecule has 0 unspecified atom stereocenters. The van der Waals surface area contributed by atoms with Crippen molar-refractivity contribution in [3.63, 3.8) is 0 Å². The van der Waals surface area contributed by atoms with Crippen LogP contribution < -0.4 is 11.1 Å². The summed E-state index contributed by atoms with van der Waals surface area (Å²) in [6.45, 7) is 4.98. The van der Waals surface area contributed by atoms with E-state index in [1.54, 1.807) is 0 Å². The van der Waals surface area contributed by atoms with Gasteiger partial charge in [-0.3, -0.25) is 0 Å². The van der Waals surface area contributed by atoms with Gasteiger partial charge in [0.2, 0.25) is 0 Å². The number of nitrogen functional groups attached to an aromatic ring is 1. The van der Waals surface area contributed by atoms with Crippen molar-refractivity contribution in [3.05, 3.63) is 17.8 Å². The predicted octanol–water partition coefficient (Wildman–Crippen LogP) is 1.66. The number of nitrogens with one attached hydrogen (secondary N) is 1. The zero-order chi connectivity index (χ0) is 8.97. The third kappa shape index (κ3) is 1.87. The highest BCUT2D eigenvalue weighted by Crippen LogP contribution is 2.14. The van der Waals surface area contributed by atoms with Gasteiger partial charge in [0.25, 0.3) is 0 Å². The number of hydrogen-bond donors (Lipinski definition) is 2. The Morgan fingerprint density at radius 3 is 2.75 bits per heavy atom. The molecule has 0 aliphatic rings.